The van der Waals surface area contributed by atoms with Crippen molar-refractivity contribution in [1.29, 1.82) is 0 Å². The molecule has 1 aliphatic carbocycles. The van der Waals surface area contributed by atoms with E-state index in [0.29, 0.717) is 38.0 Å². The van der Waals surface area contributed by atoms with E-state index >= 15 is 0 Å². The van der Waals surface area contributed by atoms with Gasteiger partial charge in [0.25, 0.3) is 0 Å². The molecular formula is C10H19ClN2O4S. The minimum absolute atomic E-state index is 0.0454. The van der Waals surface area contributed by atoms with Crippen molar-refractivity contribution in [2.24, 2.45) is 0 Å². The number of carbonyl (C=O) groups is 1. The molecule has 6 nitrogen and oxygen atoms in total. The molecule has 3 N–H and O–H groups in total. The Hall–Kier alpha value is -0.530. The molecule has 1 aliphatic rings. The molecule has 0 unspecified atom stereocenters. The zero-order valence-corrected chi connectivity index (χ0v) is 11.6. The van der Waals surface area contributed by atoms with Gasteiger partial charge in [-0.3, -0.25) is 0 Å². The molecule has 1 saturated carbocycles. The third kappa shape index (κ3) is 5.88. The van der Waals surface area contributed by atoms with Crippen LogP contribution in [0.1, 0.15) is 32.1 Å². The van der Waals surface area contributed by atoms with E-state index in [1.165, 1.54) is 0 Å². The van der Waals surface area contributed by atoms with Crippen LogP contribution in [0.4, 0.5) is 4.79 Å². The van der Waals surface area contributed by atoms with Crippen LogP contribution >= 0.6 is 11.6 Å². The van der Waals surface area contributed by atoms with Gasteiger partial charge in [0.05, 0.1) is 5.75 Å². The first-order chi connectivity index (χ1) is 8.43. The fourth-order valence-electron chi connectivity index (χ4n) is 2.09. The van der Waals surface area contributed by atoms with Crippen LogP contribution in [0, 0.1) is 0 Å². The zero-order valence-electron chi connectivity index (χ0n) is 10.1. The van der Waals surface area contributed by atoms with Crippen molar-refractivity contribution < 1.29 is 18.3 Å². The van der Waals surface area contributed by atoms with Gasteiger partial charge in [0.2, 0.25) is 10.0 Å². The third-order valence-corrected chi connectivity index (χ3v) is 4.73. The van der Waals surface area contributed by atoms with Crippen molar-refractivity contribution in [2.45, 2.75) is 44.2 Å². The van der Waals surface area contributed by atoms with Gasteiger partial charge >= 0.3 is 6.09 Å². The lowest BCUT2D eigenvalue weighted by atomic mass is 9.92. The van der Waals surface area contributed by atoms with Gasteiger partial charge in [-0.2, -0.15) is 0 Å². The van der Waals surface area contributed by atoms with Crippen molar-refractivity contribution in [3.63, 3.8) is 0 Å². The van der Waals surface area contributed by atoms with Crippen LogP contribution in [0.5, 0.6) is 0 Å². The van der Waals surface area contributed by atoms with E-state index in [1.54, 1.807) is 0 Å². The van der Waals surface area contributed by atoms with E-state index in [9.17, 15) is 13.2 Å². The summed E-state index contributed by atoms with van der Waals surface area (Å²) in [5, 5.41) is 11.0. The molecule has 8 heteroatoms. The second-order valence-corrected chi connectivity index (χ2v) is 6.73. The molecule has 1 fully saturated rings. The number of hydrogen-bond donors (Lipinski definition) is 3. The zero-order chi connectivity index (χ0) is 13.6. The predicted molar refractivity (Wildman–Crippen MR) is 69.5 cm³/mol. The molecule has 0 aliphatic heterocycles. The van der Waals surface area contributed by atoms with Gasteiger partial charge in [-0.05, 0) is 32.1 Å². The first-order valence-electron chi connectivity index (χ1n) is 5.98. The number of rotatable bonds is 6. The lowest BCUT2D eigenvalue weighted by Crippen LogP contribution is -2.44. The highest BCUT2D eigenvalue weighted by Crippen LogP contribution is 2.19. The Bertz CT molecular complexity index is 366. The summed E-state index contributed by atoms with van der Waals surface area (Å²) in [5.41, 5.74) is 0. The SMILES string of the molecule is O=C(O)NC1CCC(NS(=O)(=O)CCCCl)CC1. The van der Waals surface area contributed by atoms with Crippen LogP contribution in [0.2, 0.25) is 0 Å². The number of nitrogens with one attached hydrogen (secondary N) is 2. The molecule has 1 amide bonds. The quantitative estimate of drug-likeness (QED) is 0.640. The van der Waals surface area contributed by atoms with Crippen molar-refractivity contribution in [3.8, 4) is 0 Å². The van der Waals surface area contributed by atoms with Gasteiger partial charge in [0.15, 0.2) is 0 Å². The van der Waals surface area contributed by atoms with E-state index < -0.39 is 16.1 Å². The number of carboxylic acid groups (broad SMARTS) is 1. The lowest BCUT2D eigenvalue weighted by molar-refractivity contribution is 0.184. The van der Waals surface area contributed by atoms with Gasteiger partial charge in [-0.15, -0.1) is 11.6 Å². The Kier molecular flexibility index (Phi) is 6.17. The lowest BCUT2D eigenvalue weighted by Gasteiger charge is -2.28. The second kappa shape index (κ2) is 7.16. The van der Waals surface area contributed by atoms with E-state index in [4.69, 9.17) is 16.7 Å². The fourth-order valence-corrected chi connectivity index (χ4v) is 3.77. The van der Waals surface area contributed by atoms with Crippen LogP contribution in [0.15, 0.2) is 0 Å². The van der Waals surface area contributed by atoms with Gasteiger partial charge in [0.1, 0.15) is 0 Å². The van der Waals surface area contributed by atoms with Crippen LogP contribution in [0.3, 0.4) is 0 Å². The highest BCUT2D eigenvalue weighted by molar-refractivity contribution is 7.89. The first kappa shape index (κ1) is 15.5. The maximum Gasteiger partial charge on any atom is 0.404 e. The maximum atomic E-state index is 11.6. The summed E-state index contributed by atoms with van der Waals surface area (Å²) in [6.07, 6.45) is 2.05. The molecule has 0 bridgehead atoms. The molecule has 0 spiro atoms. The normalized spacial score (nSPS) is 24.7. The molecular weight excluding hydrogens is 280 g/mol. The minimum atomic E-state index is -3.26. The molecule has 18 heavy (non-hydrogen) atoms. The summed E-state index contributed by atoms with van der Waals surface area (Å²) in [4.78, 5) is 10.5. The average molecular weight is 299 g/mol. The smallest absolute Gasteiger partial charge is 0.404 e. The van der Waals surface area contributed by atoms with Crippen LogP contribution in [-0.2, 0) is 10.0 Å². The van der Waals surface area contributed by atoms with Crippen molar-refractivity contribution in [2.75, 3.05) is 11.6 Å². The highest BCUT2D eigenvalue weighted by Gasteiger charge is 2.25. The molecule has 0 heterocycles. The van der Waals surface area contributed by atoms with Gasteiger partial charge in [0, 0.05) is 18.0 Å². The number of amides is 1. The first-order valence-corrected chi connectivity index (χ1v) is 8.17. The summed E-state index contributed by atoms with van der Waals surface area (Å²) in [6, 6.07) is -0.150. The third-order valence-electron chi connectivity index (χ3n) is 2.95. The van der Waals surface area contributed by atoms with Crippen molar-refractivity contribution >= 4 is 27.7 Å². The van der Waals surface area contributed by atoms with E-state index in [1.807, 2.05) is 0 Å². The molecule has 0 aromatic heterocycles. The molecule has 1 rings (SSSR count). The van der Waals surface area contributed by atoms with Crippen molar-refractivity contribution in [3.05, 3.63) is 0 Å². The minimum Gasteiger partial charge on any atom is -0.465 e. The highest BCUT2D eigenvalue weighted by atomic mass is 35.5. The summed E-state index contributed by atoms with van der Waals surface area (Å²) >= 11 is 5.46. The Balaban J connectivity index is 2.33. The second-order valence-electron chi connectivity index (χ2n) is 4.48. The largest absolute Gasteiger partial charge is 0.465 e. The topological polar surface area (TPSA) is 95.5 Å². The Morgan fingerprint density at radius 1 is 1.22 bits per heavy atom. The van der Waals surface area contributed by atoms with Gasteiger partial charge in [-0.1, -0.05) is 0 Å². The molecule has 0 aromatic carbocycles. The van der Waals surface area contributed by atoms with Gasteiger partial charge < -0.3 is 10.4 Å². The van der Waals surface area contributed by atoms with Crippen molar-refractivity contribution in [1.82, 2.24) is 10.0 Å². The fraction of sp³-hybridized carbons (Fsp3) is 0.900. The Morgan fingerprint density at radius 3 is 2.28 bits per heavy atom. The van der Waals surface area contributed by atoms with E-state index in [0.717, 1.165) is 0 Å². The Labute approximate surface area is 112 Å². The summed E-state index contributed by atoms with van der Waals surface area (Å²) < 4.78 is 25.9. The van der Waals surface area contributed by atoms with Gasteiger partial charge in [-0.25, -0.2) is 17.9 Å². The standard InChI is InChI=1S/C10H19ClN2O4S/c11-6-1-7-18(16,17)13-9-4-2-8(3-5-9)12-10(14)15/h8-9,12-13H,1-7H2,(H,14,15). The number of sulfonamides is 1. The number of hydrogen-bond acceptors (Lipinski definition) is 3. The van der Waals surface area contributed by atoms with Crippen LogP contribution in [-0.4, -0.2) is 43.3 Å². The monoisotopic (exact) mass is 298 g/mol. The van der Waals surface area contributed by atoms with Crippen LogP contribution < -0.4 is 10.0 Å². The van der Waals surface area contributed by atoms with Crippen LogP contribution in [0.25, 0.3) is 0 Å². The Morgan fingerprint density at radius 2 is 1.78 bits per heavy atom. The maximum absolute atomic E-state index is 11.6. The predicted octanol–water partition coefficient (Wildman–Crippen LogP) is 1.11. The summed E-state index contributed by atoms with van der Waals surface area (Å²) in [6.45, 7) is 0. The number of halogens is 1. The molecule has 0 aromatic rings. The van der Waals surface area contributed by atoms with E-state index in [2.05, 4.69) is 10.0 Å². The number of alkyl halides is 1. The molecule has 0 radical (unpaired) electrons. The molecule has 0 atom stereocenters. The summed E-state index contributed by atoms with van der Waals surface area (Å²) in [7, 11) is -3.26. The van der Waals surface area contributed by atoms with E-state index in [-0.39, 0.29) is 17.8 Å². The molecule has 0 saturated heterocycles. The average Bonchev–Trinajstić information content (AvgIpc) is 2.28. The molecule has 106 valence electrons. The summed E-state index contributed by atoms with van der Waals surface area (Å²) in [5.74, 6) is 0.375.